The zero-order valence-electron chi connectivity index (χ0n) is 24.5. The summed E-state index contributed by atoms with van der Waals surface area (Å²) in [5.41, 5.74) is -3.28. The van der Waals surface area contributed by atoms with Crippen molar-refractivity contribution in [2.45, 2.75) is 49.7 Å². The summed E-state index contributed by atoms with van der Waals surface area (Å²) in [7, 11) is 1.32. The normalized spacial score (nSPS) is 19.5. The Bertz CT molecular complexity index is 1470. The maximum absolute atomic E-state index is 13.4. The third kappa shape index (κ3) is 8.51. The Morgan fingerprint density at radius 3 is 2.13 bits per heavy atom. The van der Waals surface area contributed by atoms with Crippen LogP contribution in [0.3, 0.4) is 0 Å². The number of β-amino-alcohol motifs (C(OH)–C–C–N with tert-alkyl or cyclic N) is 1. The second-order valence-corrected chi connectivity index (χ2v) is 12.1. The lowest BCUT2D eigenvalue weighted by molar-refractivity contribution is -0.143. The van der Waals surface area contributed by atoms with E-state index in [1.54, 1.807) is 18.2 Å². The summed E-state index contributed by atoms with van der Waals surface area (Å²) in [5.74, 6) is 0. The summed E-state index contributed by atoms with van der Waals surface area (Å²) in [6, 6.07) is 15.7. The van der Waals surface area contributed by atoms with Crippen LogP contribution in [0.4, 0.5) is 26.3 Å². The fourth-order valence-electron chi connectivity index (χ4n) is 5.49. The van der Waals surface area contributed by atoms with E-state index >= 15 is 0 Å². The standard InChI is InChI=1S/C32H32Cl2F6N2O3/c1-29(23-8-9-26(33)27(34)17-23,10-12-42-13-11-30(43,20-42)22-6-4-3-5-7-22)28(41-44-2)19-45-18-21-14-24(31(35,36)37)16-25(15-21)32(38,39)40/h3-9,14-17,43H,10-13,18-20H2,1-2H3/b41-28-. The smallest absolute Gasteiger partial charge is 0.399 e. The van der Waals surface area contributed by atoms with Crippen molar-refractivity contribution < 1.29 is 41.0 Å². The lowest BCUT2D eigenvalue weighted by Gasteiger charge is -2.33. The van der Waals surface area contributed by atoms with E-state index in [1.165, 1.54) is 7.11 Å². The Kier molecular flexibility index (Phi) is 10.8. The molecule has 0 spiro atoms. The van der Waals surface area contributed by atoms with E-state index in [2.05, 4.69) is 10.1 Å². The third-order valence-corrected chi connectivity index (χ3v) is 8.86. The van der Waals surface area contributed by atoms with Gasteiger partial charge in [0.2, 0.25) is 0 Å². The number of hydrogen-bond donors (Lipinski definition) is 1. The van der Waals surface area contributed by atoms with Gasteiger partial charge in [-0.1, -0.05) is 64.8 Å². The van der Waals surface area contributed by atoms with Gasteiger partial charge in [0.05, 0.1) is 40.1 Å². The monoisotopic (exact) mass is 676 g/mol. The largest absolute Gasteiger partial charge is 0.416 e. The van der Waals surface area contributed by atoms with Gasteiger partial charge in [-0.3, -0.25) is 4.90 Å². The van der Waals surface area contributed by atoms with Crippen molar-refractivity contribution in [2.24, 2.45) is 5.16 Å². The predicted octanol–water partition coefficient (Wildman–Crippen LogP) is 8.49. The molecule has 1 saturated heterocycles. The Morgan fingerprint density at radius 1 is 0.911 bits per heavy atom. The lowest BCUT2D eigenvalue weighted by atomic mass is 9.75. The Labute approximate surface area is 267 Å². The van der Waals surface area contributed by atoms with Gasteiger partial charge in [-0.15, -0.1) is 0 Å². The zero-order chi connectivity index (χ0) is 33.0. The molecule has 0 aliphatic carbocycles. The van der Waals surface area contributed by atoms with Crippen molar-refractivity contribution in [3.8, 4) is 0 Å². The second kappa shape index (κ2) is 13.9. The van der Waals surface area contributed by atoms with E-state index in [0.29, 0.717) is 60.9 Å². The van der Waals surface area contributed by atoms with Crippen LogP contribution < -0.4 is 0 Å². The minimum Gasteiger partial charge on any atom is -0.399 e. The van der Waals surface area contributed by atoms with Crippen LogP contribution in [0.2, 0.25) is 10.0 Å². The Hall–Kier alpha value is -2.83. The van der Waals surface area contributed by atoms with Gasteiger partial charge in [0.25, 0.3) is 0 Å². The number of hydrogen-bond acceptors (Lipinski definition) is 5. The van der Waals surface area contributed by atoms with E-state index in [9.17, 15) is 31.4 Å². The molecule has 3 aromatic carbocycles. The lowest BCUT2D eigenvalue weighted by Crippen LogP contribution is -2.40. The minimum atomic E-state index is -4.98. The molecule has 1 aliphatic rings. The molecule has 0 aromatic heterocycles. The van der Waals surface area contributed by atoms with Gasteiger partial charge >= 0.3 is 12.4 Å². The quantitative estimate of drug-likeness (QED) is 0.126. The number of alkyl halides is 6. The van der Waals surface area contributed by atoms with Gasteiger partial charge in [-0.2, -0.15) is 26.3 Å². The van der Waals surface area contributed by atoms with E-state index in [4.69, 9.17) is 32.8 Å². The van der Waals surface area contributed by atoms with E-state index < -0.39 is 41.1 Å². The van der Waals surface area contributed by atoms with Crippen molar-refractivity contribution >= 4 is 28.9 Å². The average Bonchev–Trinajstić information content (AvgIpc) is 3.38. The van der Waals surface area contributed by atoms with Gasteiger partial charge in [-0.25, -0.2) is 0 Å². The summed E-state index contributed by atoms with van der Waals surface area (Å²) in [5, 5.41) is 16.1. The number of aliphatic hydroxyl groups is 1. The first-order chi connectivity index (χ1) is 21.0. The van der Waals surface area contributed by atoms with Crippen molar-refractivity contribution in [3.05, 3.63) is 105 Å². The first-order valence-corrected chi connectivity index (χ1v) is 14.7. The van der Waals surface area contributed by atoms with Crippen LogP contribution in [-0.4, -0.2) is 49.1 Å². The molecule has 0 bridgehead atoms. The molecule has 2 atom stereocenters. The summed E-state index contributed by atoms with van der Waals surface area (Å²) < 4.78 is 85.9. The van der Waals surface area contributed by atoms with Crippen LogP contribution in [0.15, 0.2) is 71.9 Å². The van der Waals surface area contributed by atoms with Crippen LogP contribution in [-0.2, 0) is 39.5 Å². The summed E-state index contributed by atoms with van der Waals surface area (Å²) in [4.78, 5) is 7.22. The maximum Gasteiger partial charge on any atom is 0.416 e. The number of nitrogens with zero attached hydrogens (tertiary/aromatic N) is 2. The van der Waals surface area contributed by atoms with Gasteiger partial charge in [0, 0.05) is 18.5 Å². The molecule has 0 radical (unpaired) electrons. The Balaban J connectivity index is 1.57. The van der Waals surface area contributed by atoms with Crippen LogP contribution in [0, 0.1) is 0 Å². The number of ether oxygens (including phenoxy) is 1. The molecule has 0 saturated carbocycles. The highest BCUT2D eigenvalue weighted by Crippen LogP contribution is 2.38. The molecule has 1 fully saturated rings. The average molecular weight is 678 g/mol. The van der Waals surface area contributed by atoms with Gasteiger partial charge in [0.1, 0.15) is 12.7 Å². The number of likely N-dealkylation sites (tertiary alicyclic amines) is 1. The molecule has 2 unspecified atom stereocenters. The fourth-order valence-corrected chi connectivity index (χ4v) is 5.79. The highest BCUT2D eigenvalue weighted by molar-refractivity contribution is 6.42. The number of oxime groups is 1. The number of halogens is 8. The molecule has 1 heterocycles. The molecule has 0 amide bonds. The molecule has 13 heteroatoms. The molecule has 244 valence electrons. The summed E-state index contributed by atoms with van der Waals surface area (Å²) >= 11 is 12.5. The molecule has 1 aliphatic heterocycles. The van der Waals surface area contributed by atoms with E-state index in [1.807, 2.05) is 37.3 Å². The molecule has 5 nitrogen and oxygen atoms in total. The van der Waals surface area contributed by atoms with Crippen LogP contribution in [0.25, 0.3) is 0 Å². The molecule has 3 aromatic rings. The predicted molar refractivity (Wildman–Crippen MR) is 160 cm³/mol. The summed E-state index contributed by atoms with van der Waals surface area (Å²) in [6.07, 6.45) is -9.01. The van der Waals surface area contributed by atoms with Gasteiger partial charge in [-0.05, 0) is 73.3 Å². The first kappa shape index (κ1) is 35.0. The van der Waals surface area contributed by atoms with Crippen molar-refractivity contribution in [1.29, 1.82) is 0 Å². The number of rotatable bonds is 11. The van der Waals surface area contributed by atoms with E-state index in [-0.39, 0.29) is 23.3 Å². The molecular formula is C32H32Cl2F6N2O3. The first-order valence-electron chi connectivity index (χ1n) is 14.0. The second-order valence-electron chi connectivity index (χ2n) is 11.3. The van der Waals surface area contributed by atoms with Crippen LogP contribution in [0.1, 0.15) is 47.6 Å². The Morgan fingerprint density at radius 2 is 1.56 bits per heavy atom. The van der Waals surface area contributed by atoms with Crippen molar-refractivity contribution in [3.63, 3.8) is 0 Å². The SMILES string of the molecule is CO/N=C(/COCc1cc(C(F)(F)F)cc(C(F)(F)F)c1)C(C)(CCN1CCC(O)(c2ccccc2)C1)c1ccc(Cl)c(Cl)c1. The highest BCUT2D eigenvalue weighted by Gasteiger charge is 2.40. The van der Waals surface area contributed by atoms with Crippen LogP contribution >= 0.6 is 23.2 Å². The van der Waals surface area contributed by atoms with E-state index in [0.717, 1.165) is 5.56 Å². The van der Waals surface area contributed by atoms with Crippen LogP contribution in [0.5, 0.6) is 0 Å². The third-order valence-electron chi connectivity index (χ3n) is 8.12. The van der Waals surface area contributed by atoms with Crippen molar-refractivity contribution in [1.82, 2.24) is 4.90 Å². The zero-order valence-corrected chi connectivity index (χ0v) is 26.0. The summed E-state index contributed by atoms with van der Waals surface area (Å²) in [6.45, 7) is 2.53. The van der Waals surface area contributed by atoms with Gasteiger partial charge in [0.15, 0.2) is 0 Å². The molecule has 4 rings (SSSR count). The molecule has 45 heavy (non-hydrogen) atoms. The highest BCUT2D eigenvalue weighted by atomic mass is 35.5. The maximum atomic E-state index is 13.4. The number of benzene rings is 3. The topological polar surface area (TPSA) is 54.3 Å². The minimum absolute atomic E-state index is 0.0693. The molecular weight excluding hydrogens is 645 g/mol. The van der Waals surface area contributed by atoms with Crippen molar-refractivity contribution in [2.75, 3.05) is 33.4 Å². The fraction of sp³-hybridized carbons (Fsp3) is 0.406. The van der Waals surface area contributed by atoms with Gasteiger partial charge < -0.3 is 14.7 Å². The molecule has 1 N–H and O–H groups in total.